The van der Waals surface area contributed by atoms with E-state index in [1.54, 1.807) is 0 Å². The molecule has 3 nitrogen and oxygen atoms in total. The van der Waals surface area contributed by atoms with Gasteiger partial charge in [0, 0.05) is 12.0 Å². The molecule has 0 aromatic heterocycles. The zero-order valence-corrected chi connectivity index (χ0v) is 17.1. The fraction of sp³-hybridized carbons (Fsp3) is 0.950. The van der Waals surface area contributed by atoms with Crippen LogP contribution in [0.15, 0.2) is 0 Å². The molecule has 0 aromatic carbocycles. The van der Waals surface area contributed by atoms with E-state index < -0.39 is 0 Å². The van der Waals surface area contributed by atoms with Gasteiger partial charge in [0.15, 0.2) is 0 Å². The Balaban J connectivity index is 4.24. The highest BCUT2D eigenvalue weighted by Gasteiger charge is 2.39. The molecule has 1 unspecified atom stereocenters. The molecule has 23 heavy (non-hydrogen) atoms. The van der Waals surface area contributed by atoms with E-state index in [0.717, 1.165) is 32.5 Å². The average Bonchev–Trinajstić information content (AvgIpc) is 2.41. The first-order valence-corrected chi connectivity index (χ1v) is 9.49. The number of rotatable bonds is 11. The highest BCUT2D eigenvalue weighted by Crippen LogP contribution is 2.39. The third-order valence-corrected chi connectivity index (χ3v) is 4.84. The number of amides is 1. The molecule has 0 aliphatic heterocycles. The van der Waals surface area contributed by atoms with Gasteiger partial charge in [0.2, 0.25) is 5.91 Å². The Morgan fingerprint density at radius 3 is 2.09 bits per heavy atom. The Kier molecular flexibility index (Phi) is 10.1. The highest BCUT2D eigenvalue weighted by atomic mass is 16.2. The van der Waals surface area contributed by atoms with Crippen molar-refractivity contribution >= 4 is 5.91 Å². The van der Waals surface area contributed by atoms with Crippen molar-refractivity contribution < 1.29 is 4.79 Å². The van der Waals surface area contributed by atoms with Gasteiger partial charge in [-0.3, -0.25) is 4.79 Å². The van der Waals surface area contributed by atoms with Crippen molar-refractivity contribution in [2.75, 3.05) is 26.7 Å². The standard InChI is InChI=1S/C20H42N2O/c1-9-10-11-14-22(8)15-12-13-21-18(23)20(7,17(2)3)16-19(4,5)6/h17H,9-16H2,1-8H3,(H,21,23). The van der Waals surface area contributed by atoms with Crippen molar-refractivity contribution in [1.82, 2.24) is 10.2 Å². The molecule has 0 saturated heterocycles. The number of nitrogens with one attached hydrogen (secondary N) is 1. The summed E-state index contributed by atoms with van der Waals surface area (Å²) in [5.74, 6) is 0.564. The molecule has 0 spiro atoms. The van der Waals surface area contributed by atoms with Crippen molar-refractivity contribution in [3.63, 3.8) is 0 Å². The van der Waals surface area contributed by atoms with Crippen LogP contribution >= 0.6 is 0 Å². The molecular formula is C20H42N2O. The van der Waals surface area contributed by atoms with E-state index in [2.05, 4.69) is 65.7 Å². The topological polar surface area (TPSA) is 32.3 Å². The van der Waals surface area contributed by atoms with Crippen LogP contribution in [0, 0.1) is 16.7 Å². The van der Waals surface area contributed by atoms with Crippen LogP contribution in [0.4, 0.5) is 0 Å². The van der Waals surface area contributed by atoms with Gasteiger partial charge in [-0.15, -0.1) is 0 Å². The van der Waals surface area contributed by atoms with Gasteiger partial charge in [0.1, 0.15) is 0 Å². The SMILES string of the molecule is CCCCCN(C)CCCNC(=O)C(C)(CC(C)(C)C)C(C)C. The maximum atomic E-state index is 12.7. The number of carbonyl (C=O) groups excluding carboxylic acids is 1. The van der Waals surface area contributed by atoms with Crippen LogP contribution < -0.4 is 5.32 Å². The zero-order chi connectivity index (χ0) is 18.1. The predicted molar refractivity (Wildman–Crippen MR) is 102 cm³/mol. The van der Waals surface area contributed by atoms with Crippen LogP contribution in [0.5, 0.6) is 0 Å². The zero-order valence-electron chi connectivity index (χ0n) is 17.1. The summed E-state index contributed by atoms with van der Waals surface area (Å²) in [6.07, 6.45) is 5.79. The lowest BCUT2D eigenvalue weighted by atomic mass is 9.68. The van der Waals surface area contributed by atoms with E-state index in [4.69, 9.17) is 0 Å². The maximum absolute atomic E-state index is 12.7. The summed E-state index contributed by atoms with van der Waals surface area (Å²) in [6, 6.07) is 0. The van der Waals surface area contributed by atoms with E-state index in [9.17, 15) is 4.79 Å². The molecule has 138 valence electrons. The van der Waals surface area contributed by atoms with Crippen LogP contribution in [0.3, 0.4) is 0 Å². The molecule has 0 rings (SSSR count). The monoisotopic (exact) mass is 326 g/mol. The summed E-state index contributed by atoms with van der Waals surface area (Å²) >= 11 is 0. The van der Waals surface area contributed by atoms with E-state index in [-0.39, 0.29) is 16.7 Å². The Bertz CT molecular complexity index is 333. The molecule has 0 aliphatic rings. The van der Waals surface area contributed by atoms with Crippen LogP contribution in [0.25, 0.3) is 0 Å². The summed E-state index contributed by atoms with van der Waals surface area (Å²) in [6.45, 7) is 18.3. The molecule has 1 atom stereocenters. The minimum atomic E-state index is -0.286. The van der Waals surface area contributed by atoms with Gasteiger partial charge in [-0.1, -0.05) is 61.3 Å². The molecule has 0 saturated carbocycles. The quantitative estimate of drug-likeness (QED) is 0.558. The smallest absolute Gasteiger partial charge is 0.226 e. The molecule has 0 bridgehead atoms. The summed E-state index contributed by atoms with van der Waals surface area (Å²) < 4.78 is 0. The van der Waals surface area contributed by atoms with Crippen LogP contribution in [0.2, 0.25) is 0 Å². The lowest BCUT2D eigenvalue weighted by Crippen LogP contribution is -2.45. The van der Waals surface area contributed by atoms with Gasteiger partial charge in [-0.25, -0.2) is 0 Å². The molecule has 3 heteroatoms. The van der Waals surface area contributed by atoms with Gasteiger partial charge >= 0.3 is 0 Å². The maximum Gasteiger partial charge on any atom is 0.226 e. The second-order valence-corrected chi connectivity index (χ2v) is 8.93. The first-order chi connectivity index (χ1) is 10.5. The normalized spacial score (nSPS) is 15.0. The number of hydrogen-bond donors (Lipinski definition) is 1. The van der Waals surface area contributed by atoms with Crippen LogP contribution in [-0.4, -0.2) is 37.5 Å². The number of carbonyl (C=O) groups is 1. The number of unbranched alkanes of at least 4 members (excludes halogenated alkanes) is 2. The first kappa shape index (κ1) is 22.4. The largest absolute Gasteiger partial charge is 0.356 e. The van der Waals surface area contributed by atoms with Crippen molar-refractivity contribution in [1.29, 1.82) is 0 Å². The van der Waals surface area contributed by atoms with Crippen LogP contribution in [-0.2, 0) is 4.79 Å². The van der Waals surface area contributed by atoms with Gasteiger partial charge in [-0.2, -0.15) is 0 Å². The summed E-state index contributed by atoms with van der Waals surface area (Å²) in [4.78, 5) is 15.1. The van der Waals surface area contributed by atoms with Crippen LogP contribution in [0.1, 0.15) is 80.6 Å². The van der Waals surface area contributed by atoms with Gasteiger partial charge in [-0.05, 0) is 50.7 Å². The second-order valence-electron chi connectivity index (χ2n) is 8.93. The lowest BCUT2D eigenvalue weighted by Gasteiger charge is -2.37. The summed E-state index contributed by atoms with van der Waals surface area (Å²) in [7, 11) is 2.18. The third kappa shape index (κ3) is 9.34. The Labute approximate surface area is 145 Å². The Morgan fingerprint density at radius 1 is 1.04 bits per heavy atom. The van der Waals surface area contributed by atoms with E-state index >= 15 is 0 Å². The molecule has 0 heterocycles. The second kappa shape index (κ2) is 10.3. The first-order valence-electron chi connectivity index (χ1n) is 9.49. The fourth-order valence-corrected chi connectivity index (χ4v) is 3.14. The predicted octanol–water partition coefficient (Wildman–Crippen LogP) is 4.71. The van der Waals surface area contributed by atoms with Crippen molar-refractivity contribution in [3.05, 3.63) is 0 Å². The highest BCUT2D eigenvalue weighted by molar-refractivity contribution is 5.82. The fourth-order valence-electron chi connectivity index (χ4n) is 3.14. The Morgan fingerprint density at radius 2 is 1.61 bits per heavy atom. The summed E-state index contributed by atoms with van der Waals surface area (Å²) in [5, 5.41) is 3.18. The van der Waals surface area contributed by atoms with Crippen molar-refractivity contribution in [2.45, 2.75) is 80.6 Å². The molecule has 1 N–H and O–H groups in total. The average molecular weight is 327 g/mol. The summed E-state index contributed by atoms with van der Waals surface area (Å²) in [5.41, 5.74) is -0.124. The molecule has 0 radical (unpaired) electrons. The number of nitrogens with zero attached hydrogens (tertiary/aromatic N) is 1. The molecule has 1 amide bonds. The Hall–Kier alpha value is -0.570. The molecule has 0 fully saturated rings. The van der Waals surface area contributed by atoms with Gasteiger partial charge in [0.25, 0.3) is 0 Å². The van der Waals surface area contributed by atoms with E-state index in [1.807, 2.05) is 0 Å². The van der Waals surface area contributed by atoms with Gasteiger partial charge in [0.05, 0.1) is 0 Å². The molecule has 0 aromatic rings. The van der Waals surface area contributed by atoms with Crippen molar-refractivity contribution in [2.24, 2.45) is 16.7 Å². The van der Waals surface area contributed by atoms with Crippen molar-refractivity contribution in [3.8, 4) is 0 Å². The van der Waals surface area contributed by atoms with Gasteiger partial charge < -0.3 is 10.2 Å². The molecule has 0 aliphatic carbocycles. The third-order valence-electron chi connectivity index (χ3n) is 4.84. The minimum Gasteiger partial charge on any atom is -0.356 e. The van der Waals surface area contributed by atoms with E-state index in [1.165, 1.54) is 19.3 Å². The minimum absolute atomic E-state index is 0.163. The van der Waals surface area contributed by atoms with E-state index in [0.29, 0.717) is 5.92 Å². The molecular weight excluding hydrogens is 284 g/mol. The number of hydrogen-bond acceptors (Lipinski definition) is 2. The lowest BCUT2D eigenvalue weighted by molar-refractivity contribution is -0.134.